The molecule has 1 heterocycles. The highest BCUT2D eigenvalue weighted by Crippen LogP contribution is 2.36. The van der Waals surface area contributed by atoms with Crippen molar-refractivity contribution in [2.75, 3.05) is 31.1 Å². The summed E-state index contributed by atoms with van der Waals surface area (Å²) in [5.74, 6) is -0.423. The molecule has 1 saturated heterocycles. The molecule has 0 saturated carbocycles. The van der Waals surface area contributed by atoms with Crippen LogP contribution in [-0.2, 0) is 6.18 Å². The molecule has 31 heavy (non-hydrogen) atoms. The number of amides is 1. The lowest BCUT2D eigenvalue weighted by Crippen LogP contribution is -2.52. The van der Waals surface area contributed by atoms with Crippen molar-refractivity contribution in [3.63, 3.8) is 0 Å². The maximum absolute atomic E-state index is 12.9. The number of piperazine rings is 1. The lowest BCUT2D eigenvalue weighted by molar-refractivity contribution is -0.384. The zero-order chi connectivity index (χ0) is 22.8. The summed E-state index contributed by atoms with van der Waals surface area (Å²) in [6.07, 6.45) is -4.67. The van der Waals surface area contributed by atoms with E-state index in [0.717, 1.165) is 12.1 Å². The Hall–Kier alpha value is -2.92. The summed E-state index contributed by atoms with van der Waals surface area (Å²) in [6, 6.07) is 8.83. The summed E-state index contributed by atoms with van der Waals surface area (Å²) in [4.78, 5) is 26.1. The molecule has 7 nitrogen and oxygen atoms in total. The number of alkyl halides is 3. The number of anilines is 1. The molecule has 1 amide bonds. The molecular formula is C19H16ClF3N4O3S. The first-order valence-corrected chi connectivity index (χ1v) is 9.81. The van der Waals surface area contributed by atoms with Gasteiger partial charge in [0, 0.05) is 42.8 Å². The Labute approximate surface area is 185 Å². The van der Waals surface area contributed by atoms with Crippen LogP contribution in [0.15, 0.2) is 42.5 Å². The third-order valence-electron chi connectivity index (χ3n) is 4.71. The van der Waals surface area contributed by atoms with Crippen LogP contribution in [0.25, 0.3) is 0 Å². The molecule has 0 radical (unpaired) electrons. The van der Waals surface area contributed by atoms with Gasteiger partial charge in [-0.15, -0.1) is 0 Å². The van der Waals surface area contributed by atoms with Gasteiger partial charge in [-0.2, -0.15) is 13.2 Å². The Morgan fingerprint density at radius 1 is 1.13 bits per heavy atom. The molecule has 3 rings (SSSR count). The van der Waals surface area contributed by atoms with Crippen LogP contribution in [0.2, 0.25) is 5.02 Å². The topological polar surface area (TPSA) is 78.7 Å². The number of halogens is 4. The molecule has 0 spiro atoms. The lowest BCUT2D eigenvalue weighted by Gasteiger charge is -2.37. The number of nitrogens with zero attached hydrogens (tertiary/aromatic N) is 3. The second kappa shape index (κ2) is 9.06. The Balaban J connectivity index is 1.66. The fraction of sp³-hybridized carbons (Fsp3) is 0.263. The molecule has 0 bridgehead atoms. The molecule has 164 valence electrons. The molecule has 0 unspecified atom stereocenters. The summed E-state index contributed by atoms with van der Waals surface area (Å²) in [6.45, 7) is 1.21. The molecule has 1 N–H and O–H groups in total. The van der Waals surface area contributed by atoms with Gasteiger partial charge in [-0.1, -0.05) is 17.7 Å². The maximum Gasteiger partial charge on any atom is 0.416 e. The molecule has 2 aromatic rings. The number of thiocarbonyl (C=S) groups is 1. The van der Waals surface area contributed by atoms with Crippen LogP contribution in [0.3, 0.4) is 0 Å². The number of carbonyl (C=O) groups is 1. The third-order valence-corrected chi connectivity index (χ3v) is 5.31. The maximum atomic E-state index is 12.9. The van der Waals surface area contributed by atoms with Crippen LogP contribution in [0.4, 0.5) is 24.5 Å². The smallest absolute Gasteiger partial charge is 0.362 e. The van der Waals surface area contributed by atoms with Gasteiger partial charge in [0.1, 0.15) is 5.69 Å². The van der Waals surface area contributed by atoms with Crippen molar-refractivity contribution < 1.29 is 22.9 Å². The van der Waals surface area contributed by atoms with E-state index in [4.69, 9.17) is 23.8 Å². The molecule has 2 aromatic carbocycles. The SMILES string of the molecule is O=C(NC(=S)N1CCN(c2ccc(C(F)(F)F)cc2[N+](=O)[O-])CC1)c1cccc(Cl)c1. The normalized spacial score (nSPS) is 14.3. The van der Waals surface area contributed by atoms with Crippen LogP contribution < -0.4 is 10.2 Å². The first-order chi connectivity index (χ1) is 14.6. The molecule has 1 aliphatic heterocycles. The predicted molar refractivity (Wildman–Crippen MR) is 113 cm³/mol. The van der Waals surface area contributed by atoms with Crippen molar-refractivity contribution in [2.45, 2.75) is 6.18 Å². The van der Waals surface area contributed by atoms with E-state index in [2.05, 4.69) is 5.32 Å². The number of nitro benzene ring substituents is 1. The molecule has 0 aliphatic carbocycles. The number of benzene rings is 2. The summed E-state index contributed by atoms with van der Waals surface area (Å²) in [5, 5.41) is 14.5. The number of hydrogen-bond acceptors (Lipinski definition) is 5. The van der Waals surface area contributed by atoms with Crippen LogP contribution >= 0.6 is 23.8 Å². The van der Waals surface area contributed by atoms with Crippen LogP contribution in [0, 0.1) is 10.1 Å². The molecule has 1 fully saturated rings. The third kappa shape index (κ3) is 5.42. The fourth-order valence-corrected chi connectivity index (χ4v) is 3.61. The van der Waals surface area contributed by atoms with Crippen LogP contribution in [-0.4, -0.2) is 47.0 Å². The number of nitrogens with one attached hydrogen (secondary N) is 1. The second-order valence-corrected chi connectivity index (χ2v) is 7.53. The van der Waals surface area contributed by atoms with Crippen molar-refractivity contribution in [1.29, 1.82) is 0 Å². The first-order valence-electron chi connectivity index (χ1n) is 9.02. The minimum Gasteiger partial charge on any atom is -0.362 e. The Morgan fingerprint density at radius 3 is 2.39 bits per heavy atom. The first kappa shape index (κ1) is 22.8. The molecular weight excluding hydrogens is 457 g/mol. The molecule has 0 aromatic heterocycles. The number of rotatable bonds is 3. The van der Waals surface area contributed by atoms with Crippen molar-refractivity contribution in [3.8, 4) is 0 Å². The molecule has 0 atom stereocenters. The second-order valence-electron chi connectivity index (χ2n) is 6.70. The quantitative estimate of drug-likeness (QED) is 0.411. The largest absolute Gasteiger partial charge is 0.416 e. The minimum atomic E-state index is -4.67. The van der Waals surface area contributed by atoms with E-state index in [1.807, 2.05) is 0 Å². The van der Waals surface area contributed by atoms with Gasteiger partial charge in [0.15, 0.2) is 5.11 Å². The van der Waals surface area contributed by atoms with Crippen LogP contribution in [0.1, 0.15) is 15.9 Å². The van der Waals surface area contributed by atoms with Gasteiger partial charge in [0.2, 0.25) is 0 Å². The van der Waals surface area contributed by atoms with E-state index in [0.29, 0.717) is 29.7 Å². The monoisotopic (exact) mass is 472 g/mol. The Morgan fingerprint density at radius 2 is 1.81 bits per heavy atom. The van der Waals surface area contributed by atoms with E-state index in [9.17, 15) is 28.1 Å². The van der Waals surface area contributed by atoms with Gasteiger partial charge in [-0.05, 0) is 42.5 Å². The standard InChI is InChI=1S/C19H16ClF3N4O3S/c20-14-3-1-2-12(10-14)17(28)24-18(31)26-8-6-25(7-9-26)15-5-4-13(19(21,22)23)11-16(15)27(29)30/h1-5,10-11H,6-9H2,(H,24,28,31). The van der Waals surface area contributed by atoms with Gasteiger partial charge in [0.25, 0.3) is 11.6 Å². The van der Waals surface area contributed by atoms with Gasteiger partial charge in [-0.3, -0.25) is 20.2 Å². The lowest BCUT2D eigenvalue weighted by atomic mass is 10.1. The average Bonchev–Trinajstić information content (AvgIpc) is 2.72. The highest BCUT2D eigenvalue weighted by Gasteiger charge is 2.34. The zero-order valence-electron chi connectivity index (χ0n) is 15.9. The Kier molecular flexibility index (Phi) is 6.65. The van der Waals surface area contributed by atoms with Gasteiger partial charge in [0.05, 0.1) is 10.5 Å². The highest BCUT2D eigenvalue weighted by atomic mass is 35.5. The van der Waals surface area contributed by atoms with Crippen LogP contribution in [0.5, 0.6) is 0 Å². The van der Waals surface area contributed by atoms with Crippen molar-refractivity contribution in [2.24, 2.45) is 0 Å². The summed E-state index contributed by atoms with van der Waals surface area (Å²) in [5.41, 5.74) is -1.24. The zero-order valence-corrected chi connectivity index (χ0v) is 17.4. The van der Waals surface area contributed by atoms with Gasteiger partial charge in [-0.25, -0.2) is 0 Å². The van der Waals surface area contributed by atoms with E-state index >= 15 is 0 Å². The highest BCUT2D eigenvalue weighted by molar-refractivity contribution is 7.80. The van der Waals surface area contributed by atoms with E-state index in [1.165, 1.54) is 6.07 Å². The summed E-state index contributed by atoms with van der Waals surface area (Å²) >= 11 is 11.2. The average molecular weight is 473 g/mol. The molecule has 1 aliphatic rings. The summed E-state index contributed by atoms with van der Waals surface area (Å²) < 4.78 is 38.7. The molecule has 12 heteroatoms. The fourth-order valence-electron chi connectivity index (χ4n) is 3.14. The minimum absolute atomic E-state index is 0.103. The van der Waals surface area contributed by atoms with E-state index in [1.54, 1.807) is 28.0 Å². The predicted octanol–water partition coefficient (Wildman–Crippen LogP) is 4.10. The van der Waals surface area contributed by atoms with Crippen molar-refractivity contribution in [3.05, 3.63) is 68.7 Å². The number of hydrogen-bond donors (Lipinski definition) is 1. The van der Waals surface area contributed by atoms with Crippen molar-refractivity contribution >= 4 is 46.2 Å². The number of nitro groups is 1. The summed E-state index contributed by atoms with van der Waals surface area (Å²) in [7, 11) is 0. The van der Waals surface area contributed by atoms with Crippen molar-refractivity contribution in [1.82, 2.24) is 10.2 Å². The van der Waals surface area contributed by atoms with Gasteiger partial charge < -0.3 is 9.80 Å². The van der Waals surface area contributed by atoms with E-state index in [-0.39, 0.29) is 23.9 Å². The van der Waals surface area contributed by atoms with Gasteiger partial charge >= 0.3 is 6.18 Å². The Bertz CT molecular complexity index is 1030. The van der Waals surface area contributed by atoms with E-state index < -0.39 is 28.3 Å². The number of carbonyl (C=O) groups excluding carboxylic acids is 1.